The smallest absolute Gasteiger partial charge is 0.278 e. The van der Waals surface area contributed by atoms with Crippen LogP contribution in [-0.2, 0) is 11.3 Å². The molecule has 1 aliphatic heterocycles. The molecule has 5 rings (SSSR count). The summed E-state index contributed by atoms with van der Waals surface area (Å²) in [5, 5.41) is 12.0. The summed E-state index contributed by atoms with van der Waals surface area (Å²) in [6, 6.07) is 1.79. The number of likely N-dealkylation sites (tertiary alicyclic amines) is 1. The molecule has 0 aromatic carbocycles. The zero-order valence-electron chi connectivity index (χ0n) is 20.4. The number of amides is 1. The second-order valence-electron chi connectivity index (χ2n) is 11.2. The minimum atomic E-state index is -1.02. The number of carbonyl (C=O) groups is 1. The number of rotatable bonds is 5. The Morgan fingerprint density at radius 2 is 1.85 bits per heavy atom. The summed E-state index contributed by atoms with van der Waals surface area (Å²) in [6.45, 7) is 3.47. The number of aromatic nitrogens is 3. The standard InChI is InChI=1S/C27H38N4O3/c1-20(17-21-7-3-2-4-8-21)24(32)31-16-12-27(34,26(18-31)10-5-6-11-26)19-30-15-9-22-23(25(30)33)29-14-13-28-22/h9,13-15,20-21,34H,2-8,10-12,16-19H2,1H3. The van der Waals surface area contributed by atoms with E-state index in [1.807, 2.05) is 4.90 Å². The van der Waals surface area contributed by atoms with E-state index in [0.29, 0.717) is 36.5 Å². The van der Waals surface area contributed by atoms with Crippen molar-refractivity contribution in [2.45, 2.75) is 89.7 Å². The quantitative estimate of drug-likeness (QED) is 0.722. The van der Waals surface area contributed by atoms with Crippen molar-refractivity contribution in [3.05, 3.63) is 35.0 Å². The van der Waals surface area contributed by atoms with Gasteiger partial charge in [0.2, 0.25) is 5.91 Å². The maximum atomic E-state index is 13.5. The van der Waals surface area contributed by atoms with Crippen molar-refractivity contribution in [1.29, 1.82) is 0 Å². The van der Waals surface area contributed by atoms with E-state index in [-0.39, 0.29) is 29.3 Å². The van der Waals surface area contributed by atoms with E-state index in [2.05, 4.69) is 16.9 Å². The fourth-order valence-electron chi connectivity index (χ4n) is 7.03. The Morgan fingerprint density at radius 1 is 1.12 bits per heavy atom. The maximum Gasteiger partial charge on any atom is 0.278 e. The lowest BCUT2D eigenvalue weighted by molar-refractivity contribution is -0.163. The largest absolute Gasteiger partial charge is 0.387 e. The van der Waals surface area contributed by atoms with E-state index in [1.54, 1.807) is 23.0 Å². The SMILES string of the molecule is CC(CC1CCCCC1)C(=O)N1CCC(O)(Cn2ccc3nccnc3c2=O)C2(CCCC2)C1. The number of nitrogens with zero attached hydrogens (tertiary/aromatic N) is 4. The molecule has 3 fully saturated rings. The van der Waals surface area contributed by atoms with E-state index in [4.69, 9.17) is 0 Å². The normalized spacial score (nSPS) is 26.2. The predicted molar refractivity (Wildman–Crippen MR) is 131 cm³/mol. The lowest BCUT2D eigenvalue weighted by Crippen LogP contribution is -2.62. The fourth-order valence-corrected chi connectivity index (χ4v) is 7.03. The van der Waals surface area contributed by atoms with Crippen LogP contribution in [0.25, 0.3) is 11.0 Å². The molecular weight excluding hydrogens is 428 g/mol. The molecular formula is C27H38N4O3. The van der Waals surface area contributed by atoms with Crippen LogP contribution < -0.4 is 5.56 Å². The van der Waals surface area contributed by atoms with Crippen LogP contribution >= 0.6 is 0 Å². The highest BCUT2D eigenvalue weighted by atomic mass is 16.3. The van der Waals surface area contributed by atoms with Gasteiger partial charge in [-0.15, -0.1) is 0 Å². The summed E-state index contributed by atoms with van der Waals surface area (Å²) in [7, 11) is 0. The summed E-state index contributed by atoms with van der Waals surface area (Å²) in [5.41, 5.74) is -0.696. The second-order valence-corrected chi connectivity index (χ2v) is 11.2. The molecule has 2 unspecified atom stereocenters. The fraction of sp³-hybridized carbons (Fsp3) is 0.704. The first kappa shape index (κ1) is 23.5. The molecule has 2 aliphatic carbocycles. The predicted octanol–water partition coefficient (Wildman–Crippen LogP) is 3.92. The van der Waals surface area contributed by atoms with Gasteiger partial charge in [-0.05, 0) is 37.7 Å². The Hall–Kier alpha value is -2.28. The first-order chi connectivity index (χ1) is 16.4. The number of hydrogen-bond donors (Lipinski definition) is 1. The third-order valence-electron chi connectivity index (χ3n) is 9.02. The van der Waals surface area contributed by atoms with Crippen LogP contribution in [0, 0.1) is 17.3 Å². The zero-order chi connectivity index (χ0) is 23.8. The van der Waals surface area contributed by atoms with E-state index >= 15 is 0 Å². The Morgan fingerprint density at radius 3 is 2.62 bits per heavy atom. The number of hydrogen-bond acceptors (Lipinski definition) is 5. The van der Waals surface area contributed by atoms with E-state index in [1.165, 1.54) is 38.3 Å². The molecule has 2 aromatic heterocycles. The molecule has 2 atom stereocenters. The Kier molecular flexibility index (Phi) is 6.49. The lowest BCUT2D eigenvalue weighted by Gasteiger charge is -2.52. The average molecular weight is 467 g/mol. The third kappa shape index (κ3) is 4.28. The van der Waals surface area contributed by atoms with Crippen LogP contribution in [0.2, 0.25) is 0 Å². The van der Waals surface area contributed by atoms with Crippen molar-refractivity contribution in [3.8, 4) is 0 Å². The van der Waals surface area contributed by atoms with Crippen LogP contribution in [-0.4, -0.2) is 49.1 Å². The molecule has 1 N–H and O–H groups in total. The molecule has 0 bridgehead atoms. The summed E-state index contributed by atoms with van der Waals surface area (Å²) in [6.07, 6.45) is 16.7. The van der Waals surface area contributed by atoms with E-state index < -0.39 is 5.60 Å². The molecule has 2 saturated carbocycles. The summed E-state index contributed by atoms with van der Waals surface area (Å²) in [4.78, 5) is 37.0. The van der Waals surface area contributed by atoms with Crippen molar-refractivity contribution >= 4 is 16.9 Å². The second kappa shape index (κ2) is 9.40. The first-order valence-electron chi connectivity index (χ1n) is 13.2. The van der Waals surface area contributed by atoms with Gasteiger partial charge in [-0.1, -0.05) is 51.9 Å². The summed E-state index contributed by atoms with van der Waals surface area (Å²) in [5.74, 6) is 0.962. The number of carbonyl (C=O) groups excluding carboxylic acids is 1. The molecule has 7 nitrogen and oxygen atoms in total. The molecule has 2 aromatic rings. The molecule has 1 amide bonds. The van der Waals surface area contributed by atoms with Crippen molar-refractivity contribution in [1.82, 2.24) is 19.4 Å². The van der Waals surface area contributed by atoms with Crippen molar-refractivity contribution in [3.63, 3.8) is 0 Å². The van der Waals surface area contributed by atoms with Gasteiger partial charge in [-0.3, -0.25) is 14.6 Å². The Balaban J connectivity index is 1.34. The maximum absolute atomic E-state index is 13.5. The lowest BCUT2D eigenvalue weighted by atomic mass is 9.65. The summed E-state index contributed by atoms with van der Waals surface area (Å²) >= 11 is 0. The third-order valence-corrected chi connectivity index (χ3v) is 9.02. The van der Waals surface area contributed by atoms with Crippen molar-refractivity contribution in [2.75, 3.05) is 13.1 Å². The van der Waals surface area contributed by atoms with Gasteiger partial charge >= 0.3 is 0 Å². The Labute approximate surface area is 201 Å². The minimum Gasteiger partial charge on any atom is -0.387 e. The number of aliphatic hydroxyl groups is 1. The van der Waals surface area contributed by atoms with Crippen LogP contribution in [0.15, 0.2) is 29.5 Å². The number of fused-ring (bicyclic) bond motifs is 1. The number of piperidine rings is 1. The molecule has 34 heavy (non-hydrogen) atoms. The van der Waals surface area contributed by atoms with Crippen LogP contribution in [0.5, 0.6) is 0 Å². The monoisotopic (exact) mass is 466 g/mol. The van der Waals surface area contributed by atoms with Crippen molar-refractivity contribution in [2.24, 2.45) is 17.3 Å². The van der Waals surface area contributed by atoms with Gasteiger partial charge in [0.25, 0.3) is 5.56 Å². The highest BCUT2D eigenvalue weighted by molar-refractivity contribution is 5.78. The molecule has 0 radical (unpaired) electrons. The van der Waals surface area contributed by atoms with Gasteiger partial charge in [-0.2, -0.15) is 0 Å². The van der Waals surface area contributed by atoms with Crippen LogP contribution in [0.3, 0.4) is 0 Å². The van der Waals surface area contributed by atoms with Crippen molar-refractivity contribution < 1.29 is 9.90 Å². The molecule has 3 aliphatic rings. The average Bonchev–Trinajstić information content (AvgIpc) is 3.33. The van der Waals surface area contributed by atoms with Gasteiger partial charge in [0.15, 0.2) is 5.52 Å². The van der Waals surface area contributed by atoms with E-state index in [9.17, 15) is 14.7 Å². The first-order valence-corrected chi connectivity index (χ1v) is 13.2. The van der Waals surface area contributed by atoms with Crippen LogP contribution in [0.1, 0.15) is 77.6 Å². The zero-order valence-corrected chi connectivity index (χ0v) is 20.4. The molecule has 3 heterocycles. The highest BCUT2D eigenvalue weighted by Crippen LogP contribution is 2.51. The van der Waals surface area contributed by atoms with Gasteiger partial charge in [0.1, 0.15) is 0 Å². The molecule has 184 valence electrons. The molecule has 1 spiro atoms. The summed E-state index contributed by atoms with van der Waals surface area (Å²) < 4.78 is 1.60. The van der Waals surface area contributed by atoms with Gasteiger partial charge in [0, 0.05) is 43.0 Å². The van der Waals surface area contributed by atoms with E-state index in [0.717, 1.165) is 32.1 Å². The Bertz CT molecular complexity index is 1090. The molecule has 1 saturated heterocycles. The van der Waals surface area contributed by atoms with Crippen LogP contribution in [0.4, 0.5) is 0 Å². The minimum absolute atomic E-state index is 0.0365. The van der Waals surface area contributed by atoms with Gasteiger partial charge in [0.05, 0.1) is 17.7 Å². The topological polar surface area (TPSA) is 88.3 Å². The molecule has 7 heteroatoms. The number of pyridine rings is 1. The van der Waals surface area contributed by atoms with Gasteiger partial charge < -0.3 is 14.6 Å². The van der Waals surface area contributed by atoms with Gasteiger partial charge in [-0.25, -0.2) is 4.98 Å². The highest BCUT2D eigenvalue weighted by Gasteiger charge is 2.55.